The van der Waals surface area contributed by atoms with E-state index < -0.39 is 61.2 Å². The quantitative estimate of drug-likeness (QED) is 0.328. The molecule has 0 radical (unpaired) electrons. The lowest BCUT2D eigenvalue weighted by molar-refractivity contribution is -0.440. The van der Waals surface area contributed by atoms with Crippen molar-refractivity contribution in [2.24, 2.45) is 0 Å². The molecule has 0 bridgehead atoms. The molecule has 0 spiro atoms. The van der Waals surface area contributed by atoms with Gasteiger partial charge in [-0.05, 0) is 13.8 Å². The minimum absolute atomic E-state index is 0.302. The molecule has 0 unspecified atom stereocenters. The van der Waals surface area contributed by atoms with Gasteiger partial charge in [0.25, 0.3) is 0 Å². The van der Waals surface area contributed by atoms with Gasteiger partial charge in [0.15, 0.2) is 0 Å². The summed E-state index contributed by atoms with van der Waals surface area (Å²) in [5, 5.41) is 0. The molecule has 29 heavy (non-hydrogen) atoms. The van der Waals surface area contributed by atoms with Crippen molar-refractivity contribution in [3.63, 3.8) is 0 Å². The van der Waals surface area contributed by atoms with Crippen LogP contribution >= 0.6 is 0 Å². The highest BCUT2D eigenvalue weighted by molar-refractivity contribution is 5.92. The Kier molecular flexibility index (Phi) is 7.39. The van der Waals surface area contributed by atoms with Gasteiger partial charge in [0.1, 0.15) is 0 Å². The monoisotopic (exact) mass is 459 g/mol. The van der Waals surface area contributed by atoms with E-state index in [4.69, 9.17) is 0 Å². The van der Waals surface area contributed by atoms with E-state index in [9.17, 15) is 61.9 Å². The summed E-state index contributed by atoms with van der Waals surface area (Å²) in [5.41, 5.74) is -0.302. The predicted molar refractivity (Wildman–Crippen MR) is 72.5 cm³/mol. The summed E-state index contributed by atoms with van der Waals surface area (Å²) < 4.78 is 168. The maximum atomic E-state index is 13.6. The Hall–Kier alpha value is -1.70. The minimum Gasteiger partial charge on any atom is -0.339 e. The molecule has 0 N–H and O–H groups in total. The third-order valence-electron chi connectivity index (χ3n) is 3.73. The number of likely N-dealkylation sites (N-methyl/N-ethyl adjacent to an activating group) is 1. The Labute approximate surface area is 155 Å². The van der Waals surface area contributed by atoms with Gasteiger partial charge >= 0.3 is 35.8 Å². The fourth-order valence-corrected chi connectivity index (χ4v) is 1.91. The summed E-state index contributed by atoms with van der Waals surface area (Å²) in [7, 11) is 0. The van der Waals surface area contributed by atoms with Crippen LogP contribution in [-0.2, 0) is 4.79 Å². The SMILES string of the molecule is C=C(C)C(=O)N(CC)CCC(F)(F)C(F)(F)C(F)(F)C(F)(F)C(F)(F)C(F)(F)F. The van der Waals surface area contributed by atoms with Crippen molar-refractivity contribution in [1.29, 1.82) is 0 Å². The molecule has 0 heterocycles. The molecular weight excluding hydrogens is 445 g/mol. The van der Waals surface area contributed by atoms with Gasteiger partial charge in [0, 0.05) is 25.1 Å². The maximum Gasteiger partial charge on any atom is 0.460 e. The predicted octanol–water partition coefficient (Wildman–Crippen LogP) is 5.54. The molecule has 0 saturated heterocycles. The van der Waals surface area contributed by atoms with E-state index in [1.807, 2.05) is 0 Å². The van der Waals surface area contributed by atoms with Crippen molar-refractivity contribution >= 4 is 5.91 Å². The van der Waals surface area contributed by atoms with E-state index in [0.717, 1.165) is 13.8 Å². The average Bonchev–Trinajstić information content (AvgIpc) is 2.53. The Morgan fingerprint density at radius 1 is 0.759 bits per heavy atom. The van der Waals surface area contributed by atoms with Crippen molar-refractivity contribution in [1.82, 2.24) is 4.90 Å². The lowest BCUT2D eigenvalue weighted by Crippen LogP contribution is -2.70. The van der Waals surface area contributed by atoms with Gasteiger partial charge in [-0.25, -0.2) is 0 Å². The molecule has 0 aliphatic heterocycles. The molecule has 2 nitrogen and oxygen atoms in total. The zero-order valence-electron chi connectivity index (χ0n) is 14.6. The van der Waals surface area contributed by atoms with Gasteiger partial charge in [0.05, 0.1) is 0 Å². The molecule has 15 heteroatoms. The first-order chi connectivity index (χ1) is 12.5. The summed E-state index contributed by atoms with van der Waals surface area (Å²) in [5.74, 6) is -38.2. The largest absolute Gasteiger partial charge is 0.460 e. The molecule has 0 aliphatic carbocycles. The van der Waals surface area contributed by atoms with Crippen molar-refractivity contribution in [3.05, 3.63) is 12.2 Å². The zero-order valence-corrected chi connectivity index (χ0v) is 14.6. The van der Waals surface area contributed by atoms with Crippen LogP contribution in [0.25, 0.3) is 0 Å². The van der Waals surface area contributed by atoms with Gasteiger partial charge in [-0.3, -0.25) is 4.79 Å². The van der Waals surface area contributed by atoms with Crippen molar-refractivity contribution in [3.8, 4) is 0 Å². The van der Waals surface area contributed by atoms with Crippen molar-refractivity contribution in [2.45, 2.75) is 56.1 Å². The van der Waals surface area contributed by atoms with Crippen molar-refractivity contribution < 1.29 is 61.9 Å². The van der Waals surface area contributed by atoms with E-state index in [0.29, 0.717) is 4.90 Å². The number of nitrogens with zero attached hydrogens (tertiary/aromatic N) is 1. The molecule has 0 rings (SSSR count). The molecule has 0 saturated carbocycles. The maximum absolute atomic E-state index is 13.6. The molecular formula is C14H14F13NO. The zero-order chi connectivity index (χ0) is 23.9. The number of halogens is 13. The Bertz CT molecular complexity index is 623. The van der Waals surface area contributed by atoms with Gasteiger partial charge in [-0.1, -0.05) is 6.58 Å². The summed E-state index contributed by atoms with van der Waals surface area (Å²) in [4.78, 5) is 11.9. The summed E-state index contributed by atoms with van der Waals surface area (Å²) in [6, 6.07) is 0. The smallest absolute Gasteiger partial charge is 0.339 e. The fourth-order valence-electron chi connectivity index (χ4n) is 1.91. The van der Waals surface area contributed by atoms with E-state index in [1.54, 1.807) is 0 Å². The van der Waals surface area contributed by atoms with E-state index in [2.05, 4.69) is 6.58 Å². The first-order valence-electron chi connectivity index (χ1n) is 7.43. The lowest BCUT2D eigenvalue weighted by atomic mass is 9.92. The summed E-state index contributed by atoms with van der Waals surface area (Å²) >= 11 is 0. The molecule has 0 aromatic rings. The number of amides is 1. The second kappa shape index (κ2) is 7.85. The number of hydrogen-bond donors (Lipinski definition) is 0. The highest BCUT2D eigenvalue weighted by Gasteiger charge is 2.90. The van der Waals surface area contributed by atoms with Crippen LogP contribution in [-0.4, -0.2) is 59.7 Å². The topological polar surface area (TPSA) is 20.3 Å². The van der Waals surface area contributed by atoms with Gasteiger partial charge < -0.3 is 4.90 Å². The number of hydrogen-bond acceptors (Lipinski definition) is 1. The Morgan fingerprint density at radius 2 is 1.14 bits per heavy atom. The second-order valence-corrected chi connectivity index (χ2v) is 5.91. The van der Waals surface area contributed by atoms with Crippen LogP contribution in [0.2, 0.25) is 0 Å². The first-order valence-corrected chi connectivity index (χ1v) is 7.43. The molecule has 172 valence electrons. The van der Waals surface area contributed by atoms with Crippen LogP contribution in [0.4, 0.5) is 57.1 Å². The number of alkyl halides is 13. The molecule has 0 aromatic carbocycles. The first kappa shape index (κ1) is 27.3. The van der Waals surface area contributed by atoms with Gasteiger partial charge in [0.2, 0.25) is 5.91 Å². The third kappa shape index (κ3) is 4.42. The second-order valence-electron chi connectivity index (χ2n) is 5.91. The highest BCUT2D eigenvalue weighted by atomic mass is 19.4. The highest BCUT2D eigenvalue weighted by Crippen LogP contribution is 2.60. The van der Waals surface area contributed by atoms with Gasteiger partial charge in [-0.2, -0.15) is 57.1 Å². The van der Waals surface area contributed by atoms with Crippen LogP contribution in [0.1, 0.15) is 20.3 Å². The third-order valence-corrected chi connectivity index (χ3v) is 3.73. The Morgan fingerprint density at radius 3 is 1.45 bits per heavy atom. The van der Waals surface area contributed by atoms with Gasteiger partial charge in [-0.15, -0.1) is 0 Å². The molecule has 0 aliphatic rings. The molecule has 0 atom stereocenters. The van der Waals surface area contributed by atoms with Crippen LogP contribution in [0, 0.1) is 0 Å². The van der Waals surface area contributed by atoms with Crippen LogP contribution in [0.3, 0.4) is 0 Å². The minimum atomic E-state index is -7.93. The van der Waals surface area contributed by atoms with E-state index in [-0.39, 0.29) is 5.57 Å². The number of carbonyl (C=O) groups excluding carboxylic acids is 1. The van der Waals surface area contributed by atoms with Crippen LogP contribution in [0.15, 0.2) is 12.2 Å². The Balaban J connectivity index is 5.99. The number of carbonyl (C=O) groups is 1. The molecule has 1 amide bonds. The van der Waals surface area contributed by atoms with Crippen molar-refractivity contribution in [2.75, 3.05) is 13.1 Å². The normalized spacial score (nSPS) is 14.7. The molecule has 0 aromatic heterocycles. The standard InChI is InChI=1S/C14H14F13NO/c1-4-28(8(29)7(2)3)6-5-9(15,16)10(17,18)11(19,20)12(21,22)13(23,24)14(25,26)27/h2,4-6H2,1,3H3. The lowest BCUT2D eigenvalue weighted by Gasteiger charge is -2.40. The summed E-state index contributed by atoms with van der Waals surface area (Å²) in [6.45, 7) is 3.40. The number of rotatable bonds is 9. The van der Waals surface area contributed by atoms with Crippen LogP contribution in [0.5, 0.6) is 0 Å². The van der Waals surface area contributed by atoms with E-state index >= 15 is 0 Å². The van der Waals surface area contributed by atoms with Crippen LogP contribution < -0.4 is 0 Å². The molecule has 0 fully saturated rings. The summed E-state index contributed by atoms with van der Waals surface area (Å²) in [6.07, 6.45) is -9.89. The fraction of sp³-hybridized carbons (Fsp3) is 0.786. The average molecular weight is 459 g/mol. The van der Waals surface area contributed by atoms with E-state index in [1.165, 1.54) is 0 Å².